The first kappa shape index (κ1) is 39.8. The molecule has 2 aromatic carbocycles. The molecule has 0 spiro atoms. The minimum atomic E-state index is -2.02. The summed E-state index contributed by atoms with van der Waals surface area (Å²) in [6, 6.07) is 5.69. The molecule has 3 fully saturated rings. The lowest BCUT2D eigenvalue weighted by Gasteiger charge is -2.46. The number of aliphatic hydroxyl groups excluding tert-OH is 8. The second-order valence-electron chi connectivity index (χ2n) is 13.3. The fraction of sp³-hybridized carbons (Fsp3) is 0.559. The monoisotopic (exact) mass is 770 g/mol. The molecule has 0 unspecified atom stereocenters. The first-order chi connectivity index (χ1) is 25.5. The molecule has 0 bridgehead atoms. The Morgan fingerprint density at radius 1 is 0.685 bits per heavy atom. The van der Waals surface area contributed by atoms with E-state index in [1.807, 2.05) is 0 Å². The second kappa shape index (κ2) is 15.7. The number of phenols is 3. The summed E-state index contributed by atoms with van der Waals surface area (Å²) < 4.78 is 45.6. The van der Waals surface area contributed by atoms with Gasteiger partial charge in [0, 0.05) is 17.7 Å². The van der Waals surface area contributed by atoms with Crippen molar-refractivity contribution in [2.75, 3.05) is 13.7 Å². The molecule has 3 aromatic rings. The predicted octanol–water partition coefficient (Wildman–Crippen LogP) is -2.53. The Hall–Kier alpha value is -3.87. The van der Waals surface area contributed by atoms with E-state index in [9.17, 15) is 61.0 Å². The van der Waals surface area contributed by atoms with Crippen LogP contribution in [0.4, 0.5) is 0 Å². The molecule has 6 rings (SSSR count). The van der Waals surface area contributed by atoms with Gasteiger partial charge in [-0.15, -0.1) is 0 Å². The molecule has 11 N–H and O–H groups in total. The van der Waals surface area contributed by atoms with Gasteiger partial charge >= 0.3 is 0 Å². The summed E-state index contributed by atoms with van der Waals surface area (Å²) >= 11 is 0. The number of fused-ring (bicyclic) bond motifs is 1. The van der Waals surface area contributed by atoms with Crippen molar-refractivity contribution in [1.29, 1.82) is 0 Å². The molecule has 20 heteroatoms. The molecule has 54 heavy (non-hydrogen) atoms. The molecule has 298 valence electrons. The lowest BCUT2D eigenvalue weighted by atomic mass is 9.97. The summed E-state index contributed by atoms with van der Waals surface area (Å²) in [7, 11) is 1.26. The lowest BCUT2D eigenvalue weighted by Crippen LogP contribution is -2.65. The average Bonchev–Trinajstić information content (AvgIpc) is 3.13. The Morgan fingerprint density at radius 3 is 1.96 bits per heavy atom. The van der Waals surface area contributed by atoms with Crippen LogP contribution < -0.4 is 14.9 Å². The third-order valence-electron chi connectivity index (χ3n) is 9.57. The summed E-state index contributed by atoms with van der Waals surface area (Å²) in [5.41, 5.74) is -1.31. The fourth-order valence-corrected chi connectivity index (χ4v) is 6.40. The van der Waals surface area contributed by atoms with Gasteiger partial charge in [0.25, 0.3) is 0 Å². The van der Waals surface area contributed by atoms with Gasteiger partial charge in [0.2, 0.25) is 17.5 Å². The smallest absolute Gasteiger partial charge is 0.239 e. The van der Waals surface area contributed by atoms with E-state index in [2.05, 4.69) is 0 Å². The van der Waals surface area contributed by atoms with Crippen LogP contribution in [0.15, 0.2) is 39.5 Å². The number of hydrogen-bond acceptors (Lipinski definition) is 20. The Kier molecular flexibility index (Phi) is 11.6. The Labute approximate surface area is 305 Å². The van der Waals surface area contributed by atoms with Crippen LogP contribution >= 0.6 is 0 Å². The molecule has 3 saturated heterocycles. The first-order valence-electron chi connectivity index (χ1n) is 16.8. The third kappa shape index (κ3) is 7.41. The zero-order valence-corrected chi connectivity index (χ0v) is 28.8. The van der Waals surface area contributed by atoms with Crippen molar-refractivity contribution < 1.29 is 93.7 Å². The molecule has 3 aliphatic rings. The van der Waals surface area contributed by atoms with E-state index in [0.29, 0.717) is 0 Å². The van der Waals surface area contributed by atoms with Crippen molar-refractivity contribution in [3.8, 4) is 40.1 Å². The van der Waals surface area contributed by atoms with Crippen LogP contribution in [0.5, 0.6) is 28.7 Å². The van der Waals surface area contributed by atoms with E-state index in [0.717, 1.165) is 12.1 Å². The van der Waals surface area contributed by atoms with Crippen molar-refractivity contribution in [3.63, 3.8) is 0 Å². The molecule has 20 nitrogen and oxygen atoms in total. The maximum Gasteiger partial charge on any atom is 0.239 e. The van der Waals surface area contributed by atoms with Crippen molar-refractivity contribution in [3.05, 3.63) is 40.6 Å². The summed E-state index contributed by atoms with van der Waals surface area (Å²) in [4.78, 5) is 14.2. The molecule has 4 heterocycles. The van der Waals surface area contributed by atoms with Crippen LogP contribution in [-0.2, 0) is 23.7 Å². The Balaban J connectivity index is 1.41. The minimum Gasteiger partial charge on any atom is -0.508 e. The van der Waals surface area contributed by atoms with E-state index in [1.54, 1.807) is 0 Å². The molecule has 3 aliphatic heterocycles. The standard InChI is InChI=1S/C34H42O20/c1-10-20(38)24(42)27(45)32(49-10)48-9-18-22(40)26(44)31(54-33-28(46)25(43)21(39)11(2)50-33)34(52-18)53-30-23(41)19-15(37)7-13(35)8-17(19)51-29(30)12-4-5-14(36)16(6-12)47-3/h4-8,10-11,18,20-22,24-28,31-40,42-46H,9H2,1-3H3/t10-,11-,18-,20+,21+,22+,24+,25-,26-,27+,28-,31+,32+,33+,34-/m1/s1. The maximum absolute atomic E-state index is 14.2. The van der Waals surface area contributed by atoms with Gasteiger partial charge < -0.3 is 93.7 Å². The maximum atomic E-state index is 14.2. The van der Waals surface area contributed by atoms with Crippen LogP contribution in [-0.4, -0.2) is 162 Å². The van der Waals surface area contributed by atoms with Crippen LogP contribution in [0.25, 0.3) is 22.3 Å². The van der Waals surface area contributed by atoms with E-state index in [4.69, 9.17) is 37.6 Å². The van der Waals surface area contributed by atoms with Crippen molar-refractivity contribution >= 4 is 11.0 Å². The number of methoxy groups -OCH3 is 1. The number of phenolic OH excluding ortho intramolecular Hbond substituents is 3. The predicted molar refractivity (Wildman–Crippen MR) is 176 cm³/mol. The molecule has 15 atom stereocenters. The number of rotatable bonds is 9. The highest BCUT2D eigenvalue weighted by Crippen LogP contribution is 2.40. The van der Waals surface area contributed by atoms with Gasteiger partial charge in [0.15, 0.2) is 35.9 Å². The van der Waals surface area contributed by atoms with Crippen LogP contribution in [0.1, 0.15) is 13.8 Å². The van der Waals surface area contributed by atoms with Gasteiger partial charge in [-0.25, -0.2) is 0 Å². The van der Waals surface area contributed by atoms with Crippen LogP contribution in [0, 0.1) is 0 Å². The van der Waals surface area contributed by atoms with Gasteiger partial charge in [-0.3, -0.25) is 4.79 Å². The highest BCUT2D eigenvalue weighted by atomic mass is 16.8. The molecular weight excluding hydrogens is 728 g/mol. The summed E-state index contributed by atoms with van der Waals surface area (Å²) in [5, 5.41) is 115. The summed E-state index contributed by atoms with van der Waals surface area (Å²) in [6.45, 7) is 2.09. The average molecular weight is 771 g/mol. The summed E-state index contributed by atoms with van der Waals surface area (Å²) in [6.07, 6.45) is -24.9. The normalized spacial score (nSPS) is 37.3. The van der Waals surface area contributed by atoms with E-state index in [-0.39, 0.29) is 28.4 Å². The number of aromatic hydroxyl groups is 3. The molecule has 0 radical (unpaired) electrons. The second-order valence-corrected chi connectivity index (χ2v) is 13.3. The summed E-state index contributed by atoms with van der Waals surface area (Å²) in [5.74, 6) is -2.63. The topological polar surface area (TPSA) is 317 Å². The van der Waals surface area contributed by atoms with E-state index >= 15 is 0 Å². The Bertz CT molecular complexity index is 1850. The number of ether oxygens (including phenoxy) is 7. The Morgan fingerprint density at radius 2 is 1.31 bits per heavy atom. The largest absolute Gasteiger partial charge is 0.508 e. The van der Waals surface area contributed by atoms with Gasteiger partial charge in [-0.05, 0) is 32.0 Å². The number of benzene rings is 2. The van der Waals surface area contributed by atoms with Crippen LogP contribution in [0.3, 0.4) is 0 Å². The number of aliphatic hydroxyl groups is 8. The van der Waals surface area contributed by atoms with E-state index < -0.39 is 127 Å². The zero-order chi connectivity index (χ0) is 39.3. The first-order valence-corrected chi connectivity index (χ1v) is 16.8. The minimum absolute atomic E-state index is 0.0468. The van der Waals surface area contributed by atoms with Gasteiger partial charge in [0.1, 0.15) is 77.4 Å². The lowest BCUT2D eigenvalue weighted by molar-refractivity contribution is -0.360. The van der Waals surface area contributed by atoms with Gasteiger partial charge in [0.05, 0.1) is 25.9 Å². The number of hydrogen-bond donors (Lipinski definition) is 11. The molecule has 0 aliphatic carbocycles. The molecule has 0 saturated carbocycles. The van der Waals surface area contributed by atoms with Gasteiger partial charge in [-0.2, -0.15) is 0 Å². The zero-order valence-electron chi connectivity index (χ0n) is 28.8. The molecule has 0 amide bonds. The highest BCUT2D eigenvalue weighted by Gasteiger charge is 2.52. The van der Waals surface area contributed by atoms with Crippen molar-refractivity contribution in [2.24, 2.45) is 0 Å². The van der Waals surface area contributed by atoms with E-state index in [1.165, 1.54) is 39.2 Å². The molecular formula is C34H42O20. The quantitative estimate of drug-likeness (QED) is 0.107. The van der Waals surface area contributed by atoms with Gasteiger partial charge in [-0.1, -0.05) is 0 Å². The molecule has 1 aromatic heterocycles. The van der Waals surface area contributed by atoms with Crippen molar-refractivity contribution in [1.82, 2.24) is 0 Å². The fourth-order valence-electron chi connectivity index (χ4n) is 6.40. The SMILES string of the molecule is COc1cc(-c2oc3cc(O)cc(O)c3c(=O)c2O[C@H]2O[C@H](CO[C@H]3O[C@H](C)[C@H](O)[C@H](O)[C@@H]3O)[C@H](O)[C@@H](O)[C@@H]2O[C@@H]2O[C@H](C)[C@H](O)[C@@H](O)[C@H]2O)ccc1O. The highest BCUT2D eigenvalue weighted by molar-refractivity contribution is 5.88. The van der Waals surface area contributed by atoms with Crippen molar-refractivity contribution in [2.45, 2.75) is 106 Å². The van der Waals surface area contributed by atoms with Crippen LogP contribution in [0.2, 0.25) is 0 Å². The third-order valence-corrected chi connectivity index (χ3v) is 9.57.